The summed E-state index contributed by atoms with van der Waals surface area (Å²) in [4.78, 5) is 20.2. The van der Waals surface area contributed by atoms with Crippen LogP contribution in [-0.4, -0.2) is 21.3 Å². The number of thioether (sulfide) groups is 1. The van der Waals surface area contributed by atoms with Gasteiger partial charge in [0.2, 0.25) is 5.13 Å². The number of nitrogens with zero attached hydrogens (tertiary/aromatic N) is 4. The number of amides is 1. The van der Waals surface area contributed by atoms with Gasteiger partial charge in [0.05, 0.1) is 10.6 Å². The van der Waals surface area contributed by atoms with Gasteiger partial charge < -0.3 is 4.74 Å². The van der Waals surface area contributed by atoms with Crippen molar-refractivity contribution in [2.24, 2.45) is 4.99 Å². The summed E-state index contributed by atoms with van der Waals surface area (Å²) in [6.45, 7) is 4.45. The van der Waals surface area contributed by atoms with Crippen molar-refractivity contribution in [3.63, 3.8) is 0 Å². The number of hydrogen-bond acceptors (Lipinski definition) is 7. The molecule has 2 heterocycles. The van der Waals surface area contributed by atoms with Crippen LogP contribution in [0.1, 0.15) is 21.7 Å². The lowest BCUT2D eigenvalue weighted by Gasteiger charge is -2.14. The third kappa shape index (κ3) is 5.50. The number of anilines is 1. The van der Waals surface area contributed by atoms with Gasteiger partial charge in [-0.25, -0.2) is 0 Å². The first-order valence-electron chi connectivity index (χ1n) is 11.0. The first-order chi connectivity index (χ1) is 17.0. The van der Waals surface area contributed by atoms with Crippen LogP contribution in [0, 0.1) is 13.8 Å². The summed E-state index contributed by atoms with van der Waals surface area (Å²) in [5, 5.41) is 10.0. The molecule has 0 spiro atoms. The number of rotatable bonds is 6. The Labute approximate surface area is 212 Å². The summed E-state index contributed by atoms with van der Waals surface area (Å²) in [7, 11) is 0. The Hall–Kier alpha value is -3.75. The van der Waals surface area contributed by atoms with Gasteiger partial charge in [0.25, 0.3) is 5.91 Å². The third-order valence-corrected chi connectivity index (χ3v) is 6.93. The fourth-order valence-electron chi connectivity index (χ4n) is 3.43. The van der Waals surface area contributed by atoms with Crippen LogP contribution in [0.2, 0.25) is 0 Å². The second-order valence-corrected chi connectivity index (χ2v) is 10.1. The summed E-state index contributed by atoms with van der Waals surface area (Å²) in [5.74, 6) is 0.652. The Bertz CT molecular complexity index is 1400. The summed E-state index contributed by atoms with van der Waals surface area (Å²) in [5.41, 5.74) is 4.01. The summed E-state index contributed by atoms with van der Waals surface area (Å²) in [6, 6.07) is 25.5. The van der Waals surface area contributed by atoms with Crippen LogP contribution in [0.3, 0.4) is 0 Å². The molecule has 5 rings (SSSR count). The fraction of sp³-hybridized carbons (Fsp3) is 0.111. The average molecular weight is 499 g/mol. The number of amidine groups is 1. The topological polar surface area (TPSA) is 67.7 Å². The van der Waals surface area contributed by atoms with Crippen LogP contribution >= 0.6 is 23.1 Å². The molecule has 1 aliphatic heterocycles. The maximum absolute atomic E-state index is 13.4. The summed E-state index contributed by atoms with van der Waals surface area (Å²) < 4.78 is 5.91. The standard InChI is InChI=1S/C27H22N4O2S2/c1-18-8-10-21(11-9-18)17-33-23-14-12-20(13-15-23)16-24-25(32)31(22-6-4-3-5-7-22)27(35-24)28-26-30-29-19(2)34-26/h3-16H,17H2,1-2H3/b24-16-,28-27+. The molecular formula is C27H22N4O2S2. The Morgan fingerprint density at radius 3 is 2.37 bits per heavy atom. The molecule has 1 aromatic heterocycles. The molecule has 3 aromatic carbocycles. The van der Waals surface area contributed by atoms with Gasteiger partial charge in [-0.05, 0) is 67.1 Å². The quantitative estimate of drug-likeness (QED) is 0.282. The summed E-state index contributed by atoms with van der Waals surface area (Å²) >= 11 is 2.72. The molecule has 0 unspecified atom stereocenters. The largest absolute Gasteiger partial charge is 0.489 e. The number of benzene rings is 3. The van der Waals surface area contributed by atoms with Crippen molar-refractivity contribution >= 4 is 51.1 Å². The minimum Gasteiger partial charge on any atom is -0.489 e. The molecule has 1 amide bonds. The Balaban J connectivity index is 1.36. The third-order valence-electron chi connectivity index (χ3n) is 5.23. The number of carbonyl (C=O) groups excluding carboxylic acids is 1. The van der Waals surface area contributed by atoms with Crippen molar-refractivity contribution in [2.75, 3.05) is 4.90 Å². The number of aliphatic imine (C=N–C) groups is 1. The smallest absolute Gasteiger partial charge is 0.271 e. The van der Waals surface area contributed by atoms with Gasteiger partial charge >= 0.3 is 0 Å². The van der Waals surface area contributed by atoms with Gasteiger partial charge in [0.15, 0.2) is 5.17 Å². The molecule has 8 heteroatoms. The zero-order valence-electron chi connectivity index (χ0n) is 19.2. The predicted octanol–water partition coefficient (Wildman–Crippen LogP) is 6.54. The lowest BCUT2D eigenvalue weighted by atomic mass is 10.1. The molecule has 1 saturated heterocycles. The normalized spacial score (nSPS) is 15.8. The van der Waals surface area contributed by atoms with Crippen molar-refractivity contribution in [2.45, 2.75) is 20.5 Å². The highest BCUT2D eigenvalue weighted by molar-refractivity contribution is 8.19. The molecule has 0 aliphatic carbocycles. The number of ether oxygens (including phenoxy) is 1. The van der Waals surface area contributed by atoms with E-state index in [0.717, 1.165) is 27.6 Å². The first kappa shape index (κ1) is 23.0. The highest BCUT2D eigenvalue weighted by Crippen LogP contribution is 2.37. The molecule has 6 nitrogen and oxygen atoms in total. The lowest BCUT2D eigenvalue weighted by molar-refractivity contribution is -0.113. The molecule has 35 heavy (non-hydrogen) atoms. The van der Waals surface area contributed by atoms with Crippen molar-refractivity contribution in [1.29, 1.82) is 0 Å². The van der Waals surface area contributed by atoms with E-state index in [1.807, 2.05) is 67.6 Å². The second-order valence-electron chi connectivity index (χ2n) is 7.93. The Kier molecular flexibility index (Phi) is 6.74. The molecule has 0 atom stereocenters. The van der Waals surface area contributed by atoms with Crippen LogP contribution in [0.5, 0.6) is 5.75 Å². The number of aromatic nitrogens is 2. The van der Waals surface area contributed by atoms with Crippen LogP contribution in [0.4, 0.5) is 10.8 Å². The monoisotopic (exact) mass is 498 g/mol. The Morgan fingerprint density at radius 1 is 0.943 bits per heavy atom. The molecule has 0 N–H and O–H groups in total. The van der Waals surface area contributed by atoms with Gasteiger partial charge in [-0.15, -0.1) is 10.2 Å². The molecular weight excluding hydrogens is 476 g/mol. The highest BCUT2D eigenvalue weighted by atomic mass is 32.2. The van der Waals surface area contributed by atoms with Gasteiger partial charge in [-0.3, -0.25) is 9.69 Å². The minimum absolute atomic E-state index is 0.124. The van der Waals surface area contributed by atoms with E-state index in [4.69, 9.17) is 4.74 Å². The average Bonchev–Trinajstić information content (AvgIpc) is 3.42. The maximum Gasteiger partial charge on any atom is 0.271 e. The van der Waals surface area contributed by atoms with Crippen LogP contribution < -0.4 is 9.64 Å². The highest BCUT2D eigenvalue weighted by Gasteiger charge is 2.35. The predicted molar refractivity (Wildman–Crippen MR) is 143 cm³/mol. The second kappa shape index (κ2) is 10.2. The van der Waals surface area contributed by atoms with Crippen LogP contribution in [0.25, 0.3) is 6.08 Å². The first-order valence-corrected chi connectivity index (χ1v) is 12.6. The molecule has 0 radical (unpaired) electrons. The van der Waals surface area contributed by atoms with Crippen molar-refractivity contribution in [1.82, 2.24) is 10.2 Å². The van der Waals surface area contributed by atoms with Gasteiger partial charge in [-0.1, -0.05) is 71.5 Å². The molecule has 0 bridgehead atoms. The van der Waals surface area contributed by atoms with E-state index in [1.165, 1.54) is 28.7 Å². The molecule has 0 saturated carbocycles. The van der Waals surface area contributed by atoms with E-state index in [-0.39, 0.29) is 5.91 Å². The number of carbonyl (C=O) groups is 1. The van der Waals surface area contributed by atoms with Gasteiger partial charge in [0, 0.05) is 0 Å². The molecule has 174 valence electrons. The van der Waals surface area contributed by atoms with E-state index in [0.29, 0.717) is 21.8 Å². The Morgan fingerprint density at radius 2 is 1.69 bits per heavy atom. The van der Waals surface area contributed by atoms with Crippen molar-refractivity contribution in [3.05, 3.63) is 105 Å². The fourth-order valence-corrected chi connectivity index (χ4v) is 5.03. The minimum atomic E-state index is -0.124. The zero-order valence-corrected chi connectivity index (χ0v) is 20.8. The number of aryl methyl sites for hydroxylation is 2. The zero-order chi connectivity index (χ0) is 24.2. The van der Waals surface area contributed by atoms with Crippen LogP contribution in [-0.2, 0) is 11.4 Å². The molecule has 1 fully saturated rings. The van der Waals surface area contributed by atoms with Gasteiger partial charge in [0.1, 0.15) is 17.4 Å². The summed E-state index contributed by atoms with van der Waals surface area (Å²) in [6.07, 6.45) is 1.88. The van der Waals surface area contributed by atoms with E-state index in [2.05, 4.69) is 46.4 Å². The van der Waals surface area contributed by atoms with E-state index in [1.54, 1.807) is 4.90 Å². The van der Waals surface area contributed by atoms with E-state index < -0.39 is 0 Å². The van der Waals surface area contributed by atoms with Crippen molar-refractivity contribution < 1.29 is 9.53 Å². The van der Waals surface area contributed by atoms with Crippen LogP contribution in [0.15, 0.2) is 88.8 Å². The lowest BCUT2D eigenvalue weighted by Crippen LogP contribution is -2.28. The SMILES string of the molecule is Cc1ccc(COc2ccc(/C=C3\S/C(=N/c4nnc(C)s4)N(c4ccccc4)C3=O)cc2)cc1. The number of hydrogen-bond donors (Lipinski definition) is 0. The van der Waals surface area contributed by atoms with Crippen molar-refractivity contribution in [3.8, 4) is 5.75 Å². The number of para-hydroxylation sites is 1. The molecule has 4 aromatic rings. The van der Waals surface area contributed by atoms with E-state index in [9.17, 15) is 4.79 Å². The van der Waals surface area contributed by atoms with Gasteiger partial charge in [-0.2, -0.15) is 4.99 Å². The molecule has 1 aliphatic rings. The maximum atomic E-state index is 13.4. The van der Waals surface area contributed by atoms with E-state index >= 15 is 0 Å².